The lowest BCUT2D eigenvalue weighted by atomic mass is 10.2. The fourth-order valence-corrected chi connectivity index (χ4v) is 4.21. The van der Waals surface area contributed by atoms with Crippen LogP contribution < -0.4 is 10.6 Å². The summed E-state index contributed by atoms with van der Waals surface area (Å²) in [6.45, 7) is 2.41. The molecule has 30 heavy (non-hydrogen) atoms. The Balaban J connectivity index is 1.45. The summed E-state index contributed by atoms with van der Waals surface area (Å²) in [5.74, 6) is 0.0593. The van der Waals surface area contributed by atoms with E-state index in [0.29, 0.717) is 34.4 Å². The normalized spacial score (nSPS) is 13.2. The molecule has 0 saturated carbocycles. The SMILES string of the molecule is Cc1nn(Cc2ccccc2)c(Cl)c1/C=C/C(=O)Nc1ccc2c(c1)NC(=O)CS2. The molecule has 0 bridgehead atoms. The van der Waals surface area contributed by atoms with Crippen LogP contribution in [-0.2, 0) is 16.1 Å². The molecule has 8 heteroatoms. The van der Waals surface area contributed by atoms with Crippen molar-refractivity contribution in [2.24, 2.45) is 0 Å². The Morgan fingerprint density at radius 1 is 1.30 bits per heavy atom. The number of aromatic nitrogens is 2. The number of carbonyl (C=O) groups excluding carboxylic acids is 2. The summed E-state index contributed by atoms with van der Waals surface area (Å²) in [5.41, 5.74) is 3.85. The molecule has 0 atom stereocenters. The largest absolute Gasteiger partial charge is 0.324 e. The third-order valence-electron chi connectivity index (χ3n) is 4.57. The van der Waals surface area contributed by atoms with Crippen molar-refractivity contribution >= 4 is 52.6 Å². The maximum absolute atomic E-state index is 12.4. The fraction of sp³-hybridized carbons (Fsp3) is 0.136. The number of rotatable bonds is 5. The number of fused-ring (bicyclic) bond motifs is 1. The smallest absolute Gasteiger partial charge is 0.248 e. The molecule has 4 rings (SSSR count). The number of carbonyl (C=O) groups is 2. The molecule has 0 radical (unpaired) electrons. The van der Waals surface area contributed by atoms with E-state index in [1.54, 1.807) is 16.8 Å². The standard InChI is InChI=1S/C22H19ClN4O2S/c1-14-17(22(23)27(26-14)12-15-5-3-2-4-6-15)8-10-20(28)24-16-7-9-19-18(11-16)25-21(29)13-30-19/h2-11H,12-13H2,1H3,(H,24,28)(H,25,29)/b10-8+. The Labute approximate surface area is 183 Å². The van der Waals surface area contributed by atoms with E-state index in [1.807, 2.05) is 49.4 Å². The van der Waals surface area contributed by atoms with E-state index < -0.39 is 0 Å². The molecule has 1 aliphatic rings. The van der Waals surface area contributed by atoms with Gasteiger partial charge in [0.05, 0.1) is 23.7 Å². The molecule has 0 aliphatic carbocycles. The predicted octanol–water partition coefficient (Wildman–Crippen LogP) is 4.59. The van der Waals surface area contributed by atoms with Gasteiger partial charge in [0, 0.05) is 22.2 Å². The summed E-state index contributed by atoms with van der Waals surface area (Å²) < 4.78 is 1.72. The number of hydrogen-bond donors (Lipinski definition) is 2. The third-order valence-corrected chi connectivity index (χ3v) is 6.04. The molecule has 2 heterocycles. The second kappa shape index (κ2) is 8.77. The van der Waals surface area contributed by atoms with Crippen LogP contribution >= 0.6 is 23.4 Å². The maximum Gasteiger partial charge on any atom is 0.248 e. The monoisotopic (exact) mass is 438 g/mol. The van der Waals surface area contributed by atoms with Gasteiger partial charge < -0.3 is 10.6 Å². The first kappa shape index (κ1) is 20.3. The van der Waals surface area contributed by atoms with Crippen molar-refractivity contribution in [1.82, 2.24) is 9.78 Å². The van der Waals surface area contributed by atoms with Crippen molar-refractivity contribution in [1.29, 1.82) is 0 Å². The summed E-state index contributed by atoms with van der Waals surface area (Å²) >= 11 is 7.97. The van der Waals surface area contributed by atoms with E-state index in [1.165, 1.54) is 17.8 Å². The number of benzene rings is 2. The Bertz CT molecular complexity index is 1140. The number of nitrogens with zero attached hydrogens (tertiary/aromatic N) is 2. The third kappa shape index (κ3) is 4.58. The molecule has 6 nitrogen and oxygen atoms in total. The number of halogens is 1. The van der Waals surface area contributed by atoms with Crippen LogP contribution in [0.5, 0.6) is 0 Å². The average Bonchev–Trinajstić information content (AvgIpc) is 2.99. The molecule has 0 spiro atoms. The van der Waals surface area contributed by atoms with Gasteiger partial charge in [-0.05, 0) is 36.8 Å². The molecule has 1 aliphatic heterocycles. The number of amides is 2. The first-order valence-electron chi connectivity index (χ1n) is 9.32. The van der Waals surface area contributed by atoms with Crippen LogP contribution in [0, 0.1) is 6.92 Å². The van der Waals surface area contributed by atoms with Gasteiger partial charge in [-0.3, -0.25) is 9.59 Å². The van der Waals surface area contributed by atoms with Crippen LogP contribution in [0.1, 0.15) is 16.8 Å². The summed E-state index contributed by atoms with van der Waals surface area (Å²) in [7, 11) is 0. The van der Waals surface area contributed by atoms with E-state index in [4.69, 9.17) is 11.6 Å². The quantitative estimate of drug-likeness (QED) is 0.571. The molecule has 2 aromatic carbocycles. The molecule has 2 amide bonds. The van der Waals surface area contributed by atoms with Crippen LogP contribution in [0.2, 0.25) is 5.15 Å². The van der Waals surface area contributed by atoms with E-state index in [9.17, 15) is 9.59 Å². The minimum absolute atomic E-state index is 0.0477. The Morgan fingerprint density at radius 2 is 2.10 bits per heavy atom. The van der Waals surface area contributed by atoms with Gasteiger partial charge in [-0.2, -0.15) is 5.10 Å². The van der Waals surface area contributed by atoms with Gasteiger partial charge in [0.2, 0.25) is 11.8 Å². The van der Waals surface area contributed by atoms with Gasteiger partial charge in [0.1, 0.15) is 5.15 Å². The minimum Gasteiger partial charge on any atom is -0.324 e. The van der Waals surface area contributed by atoms with Crippen LogP contribution in [-0.4, -0.2) is 27.3 Å². The van der Waals surface area contributed by atoms with Gasteiger partial charge in [0.25, 0.3) is 0 Å². The van der Waals surface area contributed by atoms with E-state index in [2.05, 4.69) is 15.7 Å². The van der Waals surface area contributed by atoms with E-state index in [0.717, 1.165) is 16.2 Å². The van der Waals surface area contributed by atoms with Crippen LogP contribution in [0.25, 0.3) is 6.08 Å². The van der Waals surface area contributed by atoms with Crippen LogP contribution in [0.15, 0.2) is 59.5 Å². The van der Waals surface area contributed by atoms with Crippen molar-refractivity contribution in [2.75, 3.05) is 16.4 Å². The van der Waals surface area contributed by atoms with Gasteiger partial charge in [-0.15, -0.1) is 11.8 Å². The van der Waals surface area contributed by atoms with E-state index >= 15 is 0 Å². The molecule has 0 unspecified atom stereocenters. The van der Waals surface area contributed by atoms with Gasteiger partial charge >= 0.3 is 0 Å². The van der Waals surface area contributed by atoms with E-state index in [-0.39, 0.29) is 11.8 Å². The van der Waals surface area contributed by atoms with Crippen molar-refractivity contribution < 1.29 is 9.59 Å². The van der Waals surface area contributed by atoms with Crippen molar-refractivity contribution in [3.05, 3.63) is 76.6 Å². The lowest BCUT2D eigenvalue weighted by Gasteiger charge is -2.17. The summed E-state index contributed by atoms with van der Waals surface area (Å²) in [6, 6.07) is 15.4. The highest BCUT2D eigenvalue weighted by Gasteiger charge is 2.16. The topological polar surface area (TPSA) is 76.0 Å². The van der Waals surface area contributed by atoms with Crippen LogP contribution in [0.3, 0.4) is 0 Å². The average molecular weight is 439 g/mol. The highest BCUT2D eigenvalue weighted by molar-refractivity contribution is 8.00. The second-order valence-electron chi connectivity index (χ2n) is 6.80. The fourth-order valence-electron chi connectivity index (χ4n) is 3.12. The minimum atomic E-state index is -0.295. The van der Waals surface area contributed by atoms with Crippen LogP contribution in [0.4, 0.5) is 11.4 Å². The zero-order valence-corrected chi connectivity index (χ0v) is 17.8. The molecule has 0 fully saturated rings. The lowest BCUT2D eigenvalue weighted by Crippen LogP contribution is -2.19. The van der Waals surface area contributed by atoms with Crippen molar-refractivity contribution in [2.45, 2.75) is 18.4 Å². The maximum atomic E-state index is 12.4. The summed E-state index contributed by atoms with van der Waals surface area (Å²) in [6.07, 6.45) is 3.09. The second-order valence-corrected chi connectivity index (χ2v) is 8.18. The molecule has 1 aromatic heterocycles. The first-order valence-corrected chi connectivity index (χ1v) is 10.7. The molecule has 2 N–H and O–H groups in total. The lowest BCUT2D eigenvalue weighted by molar-refractivity contribution is -0.114. The number of thioether (sulfide) groups is 1. The van der Waals surface area contributed by atoms with Gasteiger partial charge in [-0.1, -0.05) is 41.9 Å². The Hall–Kier alpha value is -3.03. The number of hydrogen-bond acceptors (Lipinski definition) is 4. The molecule has 152 valence electrons. The Kier molecular flexibility index (Phi) is 5.92. The van der Waals surface area contributed by atoms with Crippen molar-refractivity contribution in [3.8, 4) is 0 Å². The van der Waals surface area contributed by atoms with Gasteiger partial charge in [0.15, 0.2) is 0 Å². The van der Waals surface area contributed by atoms with Crippen molar-refractivity contribution in [3.63, 3.8) is 0 Å². The molecule has 3 aromatic rings. The zero-order valence-electron chi connectivity index (χ0n) is 16.2. The molecular weight excluding hydrogens is 420 g/mol. The highest BCUT2D eigenvalue weighted by Crippen LogP contribution is 2.33. The molecule has 0 saturated heterocycles. The molecular formula is C22H19ClN4O2S. The first-order chi connectivity index (χ1) is 14.5. The zero-order chi connectivity index (χ0) is 21.1. The highest BCUT2D eigenvalue weighted by atomic mass is 35.5. The number of nitrogens with one attached hydrogen (secondary N) is 2. The van der Waals surface area contributed by atoms with Gasteiger partial charge in [-0.25, -0.2) is 4.68 Å². The number of anilines is 2. The summed E-state index contributed by atoms with van der Waals surface area (Å²) in [4.78, 5) is 24.9. The Morgan fingerprint density at radius 3 is 2.90 bits per heavy atom. The number of aryl methyl sites for hydroxylation is 1. The predicted molar refractivity (Wildman–Crippen MR) is 121 cm³/mol. The summed E-state index contributed by atoms with van der Waals surface area (Å²) in [5, 5.41) is 10.6.